The van der Waals surface area contributed by atoms with E-state index < -0.39 is 10.4 Å². The molecule has 0 aromatic carbocycles. The van der Waals surface area contributed by atoms with Gasteiger partial charge in [-0.25, -0.2) is 8.37 Å². The highest BCUT2D eigenvalue weighted by molar-refractivity contribution is 7.81. The minimum Gasteiger partial charge on any atom is -0.330 e. The summed E-state index contributed by atoms with van der Waals surface area (Å²) >= 11 is 0. The van der Waals surface area contributed by atoms with Gasteiger partial charge in [-0.05, 0) is 26.8 Å². The minimum atomic E-state index is -3.68. The van der Waals surface area contributed by atoms with E-state index in [0.29, 0.717) is 0 Å². The van der Waals surface area contributed by atoms with E-state index in [4.69, 9.17) is 5.73 Å². The molecule has 0 saturated carbocycles. The van der Waals surface area contributed by atoms with Crippen LogP contribution in [-0.4, -0.2) is 28.2 Å². The van der Waals surface area contributed by atoms with Crippen LogP contribution in [-0.2, 0) is 18.8 Å². The second-order valence-corrected chi connectivity index (χ2v) is 5.77. The highest BCUT2D eigenvalue weighted by atomic mass is 32.3. The van der Waals surface area contributed by atoms with Crippen LogP contribution < -0.4 is 5.73 Å². The average molecular weight is 311 g/mol. The maximum Gasteiger partial charge on any atom is 0.399 e. The van der Waals surface area contributed by atoms with Gasteiger partial charge in [0.25, 0.3) is 0 Å². The van der Waals surface area contributed by atoms with Crippen molar-refractivity contribution >= 4 is 10.4 Å². The summed E-state index contributed by atoms with van der Waals surface area (Å²) in [5.74, 6) is 0. The quantitative estimate of drug-likeness (QED) is 0.559. The molecule has 2 N–H and O–H groups in total. The molecule has 0 aromatic heterocycles. The summed E-state index contributed by atoms with van der Waals surface area (Å²) in [5.41, 5.74) is 5.39. The van der Waals surface area contributed by atoms with E-state index in [2.05, 4.69) is 15.3 Å². The highest BCUT2D eigenvalue weighted by Gasteiger charge is 2.06. The van der Waals surface area contributed by atoms with Crippen LogP contribution in [0.25, 0.3) is 0 Å². The van der Waals surface area contributed by atoms with Gasteiger partial charge >= 0.3 is 10.4 Å². The number of hydrogen-bond donors (Lipinski definition) is 1. The Labute approximate surface area is 125 Å². The molecule has 0 aromatic rings. The van der Waals surface area contributed by atoms with E-state index in [0.717, 1.165) is 6.54 Å². The summed E-state index contributed by atoms with van der Waals surface area (Å²) in [7, 11) is -3.68. The summed E-state index contributed by atoms with van der Waals surface area (Å²) < 4.78 is 29.2. The van der Waals surface area contributed by atoms with Crippen LogP contribution in [0.3, 0.4) is 0 Å². The third-order valence-corrected chi connectivity index (χ3v) is 3.63. The molecule has 0 aliphatic heterocycles. The van der Waals surface area contributed by atoms with Gasteiger partial charge in [-0.3, -0.25) is 0 Å². The largest absolute Gasteiger partial charge is 0.399 e. The minimum absolute atomic E-state index is 0.113. The van der Waals surface area contributed by atoms with Gasteiger partial charge in [-0.2, -0.15) is 8.42 Å². The third kappa shape index (κ3) is 20.2. The van der Waals surface area contributed by atoms with Crippen LogP contribution >= 0.6 is 0 Å². The van der Waals surface area contributed by atoms with E-state index >= 15 is 0 Å². The lowest BCUT2D eigenvalue weighted by Crippen LogP contribution is -2.09. The van der Waals surface area contributed by atoms with Gasteiger partial charge in [-0.1, -0.05) is 51.9 Å². The molecule has 124 valence electrons. The maximum absolute atomic E-state index is 10.4. The molecule has 6 heteroatoms. The van der Waals surface area contributed by atoms with Gasteiger partial charge in [0.1, 0.15) is 0 Å². The van der Waals surface area contributed by atoms with Crippen LogP contribution in [0.1, 0.15) is 72.1 Å². The summed E-state index contributed by atoms with van der Waals surface area (Å²) in [6, 6.07) is 0. The van der Waals surface area contributed by atoms with Crippen LogP contribution in [0, 0.1) is 0 Å². The normalized spacial score (nSPS) is 11.0. The van der Waals surface area contributed by atoms with Gasteiger partial charge in [0.05, 0.1) is 13.2 Å². The van der Waals surface area contributed by atoms with Crippen molar-refractivity contribution in [3.05, 3.63) is 0 Å². The summed E-state index contributed by atoms with van der Waals surface area (Å²) in [4.78, 5) is 0. The molecule has 0 atom stereocenters. The molecule has 0 fully saturated rings. The molecule has 0 rings (SSSR count). The molecule has 5 nitrogen and oxygen atoms in total. The lowest BCUT2D eigenvalue weighted by molar-refractivity contribution is 0.231. The topological polar surface area (TPSA) is 78.6 Å². The monoisotopic (exact) mass is 311 g/mol. The fraction of sp³-hybridized carbons (Fsp3) is 1.00. The first-order valence-electron chi connectivity index (χ1n) is 7.77. The number of rotatable bonds is 12. The number of hydrogen-bond acceptors (Lipinski definition) is 5. The van der Waals surface area contributed by atoms with Crippen molar-refractivity contribution in [1.29, 1.82) is 0 Å². The molecule has 0 bridgehead atoms. The second kappa shape index (κ2) is 16.9. The fourth-order valence-electron chi connectivity index (χ4n) is 1.60. The highest BCUT2D eigenvalue weighted by Crippen LogP contribution is 2.07. The average Bonchev–Trinajstić information content (AvgIpc) is 2.38. The van der Waals surface area contributed by atoms with E-state index in [-0.39, 0.29) is 13.2 Å². The van der Waals surface area contributed by atoms with E-state index in [1.165, 1.54) is 51.4 Å². The Hall–Kier alpha value is -0.170. The lowest BCUT2D eigenvalue weighted by Gasteiger charge is -1.99. The van der Waals surface area contributed by atoms with Crippen molar-refractivity contribution in [2.75, 3.05) is 19.8 Å². The number of nitrogens with two attached hydrogens (primary N) is 1. The van der Waals surface area contributed by atoms with Crippen LogP contribution in [0.4, 0.5) is 0 Å². The van der Waals surface area contributed by atoms with Gasteiger partial charge < -0.3 is 5.73 Å². The first-order chi connectivity index (χ1) is 9.54. The summed E-state index contributed by atoms with van der Waals surface area (Å²) in [5, 5.41) is 0. The molecule has 0 spiro atoms. The van der Waals surface area contributed by atoms with Crippen LogP contribution in [0.5, 0.6) is 0 Å². The molecule has 0 amide bonds. The molecule has 0 aliphatic rings. The molecular formula is C14H33NO4S. The number of unbranched alkanes of at least 4 members (excludes halogenated alkanes) is 7. The standard InChI is InChI=1S/C10H23N.C4H10O4S/c1-2-3-4-5-6-7-8-9-10-11;1-3-7-9(5,6)8-4-2/h2-11H2,1H3;3-4H2,1-2H3. The Morgan fingerprint density at radius 3 is 1.50 bits per heavy atom. The Kier molecular flexibility index (Phi) is 18.7. The van der Waals surface area contributed by atoms with Crippen molar-refractivity contribution in [1.82, 2.24) is 0 Å². The predicted octanol–water partition coefficient (Wildman–Crippen LogP) is 3.39. The Balaban J connectivity index is 0. The molecule has 0 aliphatic carbocycles. The molecule has 0 unspecified atom stereocenters. The SMILES string of the molecule is CCCCCCCCCCN.CCOS(=O)(=O)OCC. The predicted molar refractivity (Wildman–Crippen MR) is 83.8 cm³/mol. The van der Waals surface area contributed by atoms with Gasteiger partial charge in [-0.15, -0.1) is 0 Å². The lowest BCUT2D eigenvalue weighted by atomic mass is 10.1. The first kappa shape index (κ1) is 22.1. The zero-order valence-corrected chi connectivity index (χ0v) is 14.2. The summed E-state index contributed by atoms with van der Waals surface area (Å²) in [6.45, 7) is 6.52. The van der Waals surface area contributed by atoms with E-state index in [1.807, 2.05) is 0 Å². The second-order valence-electron chi connectivity index (χ2n) is 4.48. The van der Waals surface area contributed by atoms with E-state index in [9.17, 15) is 8.42 Å². The van der Waals surface area contributed by atoms with Crippen molar-refractivity contribution in [3.8, 4) is 0 Å². The van der Waals surface area contributed by atoms with Gasteiger partial charge in [0.15, 0.2) is 0 Å². The first-order valence-corrected chi connectivity index (χ1v) is 9.11. The third-order valence-electron chi connectivity index (χ3n) is 2.58. The van der Waals surface area contributed by atoms with Crippen molar-refractivity contribution in [2.45, 2.75) is 72.1 Å². The Morgan fingerprint density at radius 2 is 1.15 bits per heavy atom. The molecule has 20 heavy (non-hydrogen) atoms. The van der Waals surface area contributed by atoms with Gasteiger partial charge in [0, 0.05) is 0 Å². The van der Waals surface area contributed by atoms with E-state index in [1.54, 1.807) is 13.8 Å². The molecule has 0 heterocycles. The Bertz CT molecular complexity index is 248. The van der Waals surface area contributed by atoms with Crippen LogP contribution in [0.2, 0.25) is 0 Å². The molecule has 0 saturated heterocycles. The smallest absolute Gasteiger partial charge is 0.330 e. The summed E-state index contributed by atoms with van der Waals surface area (Å²) in [6.07, 6.45) is 11.0. The van der Waals surface area contributed by atoms with Gasteiger partial charge in [0.2, 0.25) is 0 Å². The zero-order valence-electron chi connectivity index (χ0n) is 13.4. The van der Waals surface area contributed by atoms with Crippen LogP contribution in [0.15, 0.2) is 0 Å². The Morgan fingerprint density at radius 1 is 0.750 bits per heavy atom. The molecule has 0 radical (unpaired) electrons. The maximum atomic E-state index is 10.4. The van der Waals surface area contributed by atoms with Crippen molar-refractivity contribution in [2.24, 2.45) is 5.73 Å². The fourth-order valence-corrected chi connectivity index (χ4v) is 2.25. The van der Waals surface area contributed by atoms with Crippen molar-refractivity contribution in [3.63, 3.8) is 0 Å². The molecular weight excluding hydrogens is 278 g/mol. The van der Waals surface area contributed by atoms with Crippen molar-refractivity contribution < 1.29 is 16.8 Å². The zero-order chi connectivity index (χ0) is 15.7.